The van der Waals surface area contributed by atoms with Gasteiger partial charge in [-0.2, -0.15) is 0 Å². The van der Waals surface area contributed by atoms with E-state index in [0.29, 0.717) is 0 Å². The minimum absolute atomic E-state index is 0.720. The van der Waals surface area contributed by atoms with Crippen molar-refractivity contribution in [1.29, 1.82) is 0 Å². The summed E-state index contributed by atoms with van der Waals surface area (Å²) in [5, 5.41) is 2.21. The summed E-state index contributed by atoms with van der Waals surface area (Å²) < 4.78 is 13.5. The molecule has 7 nitrogen and oxygen atoms in total. The Hall–Kier alpha value is -4.00. The lowest BCUT2D eigenvalue weighted by Gasteiger charge is -2.23. The standard InChI is InChI=1S/C27H29N5O2/c1-4-31(20-8-11-28-12-9-20)13-6-14-32-18-22(23-15-19-7-5-10-29-27(19)30-23)21-16-25(33-2)26(34-3)17-24(21)32/h5,7-12,15-18H,4,6,13-14H2,1-3H3,(H,29,30). The lowest BCUT2D eigenvalue weighted by atomic mass is 10.1. The van der Waals surface area contributed by atoms with Crippen molar-refractivity contribution in [1.82, 2.24) is 19.5 Å². The van der Waals surface area contributed by atoms with Crippen LogP contribution in [-0.2, 0) is 6.54 Å². The van der Waals surface area contributed by atoms with Crippen molar-refractivity contribution < 1.29 is 9.47 Å². The Labute approximate surface area is 199 Å². The van der Waals surface area contributed by atoms with Crippen LogP contribution in [0.2, 0.25) is 0 Å². The number of aryl methyl sites for hydroxylation is 1. The molecule has 0 saturated heterocycles. The summed E-state index contributed by atoms with van der Waals surface area (Å²) in [6.07, 6.45) is 8.72. The number of rotatable bonds is 9. The maximum absolute atomic E-state index is 5.61. The normalized spacial score (nSPS) is 11.3. The van der Waals surface area contributed by atoms with Gasteiger partial charge in [-0.25, -0.2) is 4.98 Å². The van der Waals surface area contributed by atoms with Gasteiger partial charge in [0.2, 0.25) is 0 Å². The molecular formula is C27H29N5O2. The van der Waals surface area contributed by atoms with E-state index in [1.807, 2.05) is 24.7 Å². The van der Waals surface area contributed by atoms with E-state index in [9.17, 15) is 0 Å². The summed E-state index contributed by atoms with van der Waals surface area (Å²) in [6, 6.07) is 14.4. The number of nitrogens with one attached hydrogen (secondary N) is 1. The Morgan fingerprint density at radius 3 is 2.53 bits per heavy atom. The molecule has 0 aliphatic heterocycles. The molecular weight excluding hydrogens is 426 g/mol. The summed E-state index contributed by atoms with van der Waals surface area (Å²) in [5.74, 6) is 1.45. The summed E-state index contributed by atoms with van der Waals surface area (Å²) in [4.78, 5) is 14.5. The van der Waals surface area contributed by atoms with Gasteiger partial charge in [0.1, 0.15) is 5.65 Å². The van der Waals surface area contributed by atoms with E-state index >= 15 is 0 Å². The molecule has 174 valence electrons. The predicted octanol–water partition coefficient (Wildman–Crippen LogP) is 5.51. The van der Waals surface area contributed by atoms with Crippen molar-refractivity contribution in [2.24, 2.45) is 0 Å². The highest BCUT2D eigenvalue weighted by Gasteiger charge is 2.17. The number of benzene rings is 1. The SMILES string of the molecule is CCN(CCCn1cc(-c2cc3cccnc3[nH]2)c2cc(OC)c(OC)cc21)c1ccncc1. The van der Waals surface area contributed by atoms with Gasteiger partial charge in [0.05, 0.1) is 19.7 Å². The molecule has 0 aliphatic rings. The average Bonchev–Trinajstić information content (AvgIpc) is 3.47. The fourth-order valence-corrected chi connectivity index (χ4v) is 4.58. The zero-order valence-electron chi connectivity index (χ0n) is 19.8. The first-order chi connectivity index (χ1) is 16.7. The van der Waals surface area contributed by atoms with Gasteiger partial charge >= 0.3 is 0 Å². The first-order valence-corrected chi connectivity index (χ1v) is 11.6. The van der Waals surface area contributed by atoms with Gasteiger partial charge in [0, 0.05) is 78.2 Å². The summed E-state index contributed by atoms with van der Waals surface area (Å²) in [5.41, 5.74) is 5.36. The molecule has 7 heteroatoms. The molecule has 0 fully saturated rings. The molecule has 0 saturated carbocycles. The number of nitrogens with zero attached hydrogens (tertiary/aromatic N) is 4. The van der Waals surface area contributed by atoms with E-state index in [2.05, 4.69) is 73.9 Å². The fourth-order valence-electron chi connectivity index (χ4n) is 4.58. The van der Waals surface area contributed by atoms with E-state index < -0.39 is 0 Å². The number of aromatic nitrogens is 4. The average molecular weight is 456 g/mol. The molecule has 1 N–H and O–H groups in total. The third-order valence-electron chi connectivity index (χ3n) is 6.31. The first-order valence-electron chi connectivity index (χ1n) is 11.6. The zero-order chi connectivity index (χ0) is 23.5. The van der Waals surface area contributed by atoms with Crippen LogP contribution in [0.5, 0.6) is 11.5 Å². The monoisotopic (exact) mass is 455 g/mol. The molecule has 0 radical (unpaired) electrons. The number of fused-ring (bicyclic) bond motifs is 2. The lowest BCUT2D eigenvalue weighted by Crippen LogP contribution is -2.24. The van der Waals surface area contributed by atoms with Crippen LogP contribution in [0.15, 0.2) is 67.3 Å². The second kappa shape index (κ2) is 9.47. The Balaban J connectivity index is 1.50. The molecule has 0 amide bonds. The van der Waals surface area contributed by atoms with Crippen LogP contribution in [0.1, 0.15) is 13.3 Å². The van der Waals surface area contributed by atoms with E-state index in [-0.39, 0.29) is 0 Å². The van der Waals surface area contributed by atoms with E-state index in [4.69, 9.17) is 9.47 Å². The molecule has 34 heavy (non-hydrogen) atoms. The minimum Gasteiger partial charge on any atom is -0.493 e. The lowest BCUT2D eigenvalue weighted by molar-refractivity contribution is 0.355. The van der Waals surface area contributed by atoms with Gasteiger partial charge in [-0.05, 0) is 49.7 Å². The van der Waals surface area contributed by atoms with Gasteiger partial charge in [0.25, 0.3) is 0 Å². The quantitative estimate of drug-likeness (QED) is 0.317. The van der Waals surface area contributed by atoms with E-state index in [1.165, 1.54) is 5.69 Å². The number of pyridine rings is 2. The largest absolute Gasteiger partial charge is 0.493 e. The van der Waals surface area contributed by atoms with Crippen LogP contribution in [-0.4, -0.2) is 46.8 Å². The third-order valence-corrected chi connectivity index (χ3v) is 6.31. The fraction of sp³-hybridized carbons (Fsp3) is 0.259. The molecule has 0 unspecified atom stereocenters. The van der Waals surface area contributed by atoms with Crippen molar-refractivity contribution in [2.75, 3.05) is 32.2 Å². The highest BCUT2D eigenvalue weighted by molar-refractivity contribution is 5.99. The molecule has 5 rings (SSSR count). The second-order valence-corrected chi connectivity index (χ2v) is 8.22. The van der Waals surface area contributed by atoms with Gasteiger partial charge in [-0.3, -0.25) is 4.98 Å². The molecule has 4 aromatic heterocycles. The zero-order valence-corrected chi connectivity index (χ0v) is 19.8. The van der Waals surface area contributed by atoms with Gasteiger partial charge < -0.3 is 23.9 Å². The van der Waals surface area contributed by atoms with Crippen molar-refractivity contribution in [3.63, 3.8) is 0 Å². The molecule has 1 aromatic carbocycles. The van der Waals surface area contributed by atoms with Crippen LogP contribution < -0.4 is 14.4 Å². The Morgan fingerprint density at radius 2 is 1.79 bits per heavy atom. The molecule has 0 bridgehead atoms. The van der Waals surface area contributed by atoms with Crippen LogP contribution >= 0.6 is 0 Å². The number of H-pyrrole nitrogens is 1. The van der Waals surface area contributed by atoms with Gasteiger partial charge in [-0.15, -0.1) is 0 Å². The van der Waals surface area contributed by atoms with E-state index in [0.717, 1.165) is 70.7 Å². The number of methoxy groups -OCH3 is 2. The Morgan fingerprint density at radius 1 is 1.00 bits per heavy atom. The third kappa shape index (κ3) is 4.05. The summed E-state index contributed by atoms with van der Waals surface area (Å²) in [7, 11) is 3.35. The molecule has 4 heterocycles. The van der Waals surface area contributed by atoms with Gasteiger partial charge in [0.15, 0.2) is 11.5 Å². The maximum Gasteiger partial charge on any atom is 0.162 e. The van der Waals surface area contributed by atoms with Crippen LogP contribution in [0, 0.1) is 0 Å². The van der Waals surface area contributed by atoms with E-state index in [1.54, 1.807) is 14.2 Å². The Bertz CT molecular complexity index is 1370. The van der Waals surface area contributed by atoms with Gasteiger partial charge in [-0.1, -0.05) is 0 Å². The number of hydrogen-bond donors (Lipinski definition) is 1. The first kappa shape index (κ1) is 21.8. The van der Waals surface area contributed by atoms with Crippen molar-refractivity contribution in [3.05, 3.63) is 67.3 Å². The number of hydrogen-bond acceptors (Lipinski definition) is 5. The maximum atomic E-state index is 5.61. The van der Waals surface area contributed by atoms with Crippen molar-refractivity contribution in [3.8, 4) is 22.8 Å². The number of ether oxygens (including phenoxy) is 2. The topological polar surface area (TPSA) is 68.2 Å². The molecule has 5 aromatic rings. The van der Waals surface area contributed by atoms with Crippen molar-refractivity contribution >= 4 is 27.6 Å². The smallest absolute Gasteiger partial charge is 0.162 e. The Kier molecular flexibility index (Phi) is 6.08. The molecule has 0 aliphatic carbocycles. The van der Waals surface area contributed by atoms with Crippen LogP contribution in [0.25, 0.3) is 33.2 Å². The number of aromatic amines is 1. The number of anilines is 1. The van der Waals surface area contributed by atoms with Crippen molar-refractivity contribution in [2.45, 2.75) is 19.9 Å². The summed E-state index contributed by atoms with van der Waals surface area (Å²) in [6.45, 7) is 4.98. The molecule has 0 atom stereocenters. The highest BCUT2D eigenvalue weighted by atomic mass is 16.5. The second-order valence-electron chi connectivity index (χ2n) is 8.22. The van der Waals surface area contributed by atoms with Crippen LogP contribution in [0.4, 0.5) is 5.69 Å². The summed E-state index contributed by atoms with van der Waals surface area (Å²) >= 11 is 0. The van der Waals surface area contributed by atoms with Crippen LogP contribution in [0.3, 0.4) is 0 Å². The predicted molar refractivity (Wildman–Crippen MR) is 137 cm³/mol. The molecule has 0 spiro atoms. The minimum atomic E-state index is 0.720. The highest BCUT2D eigenvalue weighted by Crippen LogP contribution is 2.39.